The SMILES string of the molecule is CC(C)n1cc(-c2noc(C3CCN(C(=O)C4CC(=O)N(c5cccc(Cl)c5)C4)CC3)n2)cn1. The van der Waals surface area contributed by atoms with Gasteiger partial charge < -0.3 is 14.3 Å². The normalized spacial score (nSPS) is 19.4. The largest absolute Gasteiger partial charge is 0.342 e. The number of hydrogen-bond acceptors (Lipinski definition) is 6. The minimum atomic E-state index is -0.337. The average molecular weight is 483 g/mol. The lowest BCUT2D eigenvalue weighted by Crippen LogP contribution is -2.42. The molecule has 1 unspecified atom stereocenters. The fourth-order valence-corrected chi connectivity index (χ4v) is 4.81. The minimum absolute atomic E-state index is 0.0312. The molecule has 0 aliphatic carbocycles. The second kappa shape index (κ2) is 9.21. The lowest BCUT2D eigenvalue weighted by molar-refractivity contribution is -0.136. The Kier molecular flexibility index (Phi) is 6.12. The van der Waals surface area contributed by atoms with E-state index >= 15 is 0 Å². The Hall–Kier alpha value is -3.20. The molecule has 9 nitrogen and oxygen atoms in total. The van der Waals surface area contributed by atoms with Gasteiger partial charge in [0.25, 0.3) is 0 Å². The number of carbonyl (C=O) groups excluding carboxylic acids is 2. The van der Waals surface area contributed by atoms with Crippen LogP contribution in [0.4, 0.5) is 5.69 Å². The maximum atomic E-state index is 13.1. The highest BCUT2D eigenvalue weighted by Crippen LogP contribution is 2.32. The number of hydrogen-bond donors (Lipinski definition) is 0. The highest BCUT2D eigenvalue weighted by Gasteiger charge is 2.38. The summed E-state index contributed by atoms with van der Waals surface area (Å²) in [5, 5.41) is 9.03. The van der Waals surface area contributed by atoms with Gasteiger partial charge in [-0.25, -0.2) is 0 Å². The predicted molar refractivity (Wildman–Crippen MR) is 126 cm³/mol. The number of likely N-dealkylation sites (tertiary alicyclic amines) is 1. The molecule has 2 aliphatic rings. The van der Waals surface area contributed by atoms with Crippen LogP contribution in [0.15, 0.2) is 41.2 Å². The van der Waals surface area contributed by atoms with E-state index in [0.29, 0.717) is 36.4 Å². The number of halogens is 1. The number of amides is 2. The summed E-state index contributed by atoms with van der Waals surface area (Å²) in [7, 11) is 0. The average Bonchev–Trinajstić information content (AvgIpc) is 3.58. The van der Waals surface area contributed by atoms with Gasteiger partial charge in [-0.1, -0.05) is 22.8 Å². The zero-order valence-corrected chi connectivity index (χ0v) is 20.0. The molecule has 5 rings (SSSR count). The van der Waals surface area contributed by atoms with E-state index in [2.05, 4.69) is 29.1 Å². The third-order valence-corrected chi connectivity index (χ3v) is 6.82. The van der Waals surface area contributed by atoms with E-state index in [4.69, 9.17) is 16.1 Å². The third kappa shape index (κ3) is 4.44. The molecule has 4 heterocycles. The van der Waals surface area contributed by atoms with Crippen molar-refractivity contribution in [2.45, 2.75) is 45.1 Å². The highest BCUT2D eigenvalue weighted by atomic mass is 35.5. The van der Waals surface area contributed by atoms with E-state index in [9.17, 15) is 9.59 Å². The zero-order valence-electron chi connectivity index (χ0n) is 19.2. The fraction of sp³-hybridized carbons (Fsp3) is 0.458. The molecular weight excluding hydrogens is 456 g/mol. The molecule has 2 aromatic heterocycles. The Labute approximate surface area is 202 Å². The lowest BCUT2D eigenvalue weighted by Gasteiger charge is -2.32. The van der Waals surface area contributed by atoms with Crippen LogP contribution in [0.2, 0.25) is 5.02 Å². The van der Waals surface area contributed by atoms with Crippen molar-refractivity contribution in [2.24, 2.45) is 5.92 Å². The van der Waals surface area contributed by atoms with Gasteiger partial charge in [0.2, 0.25) is 23.5 Å². The number of aromatic nitrogens is 4. The summed E-state index contributed by atoms with van der Waals surface area (Å²) in [5.74, 6) is 0.890. The van der Waals surface area contributed by atoms with E-state index in [1.807, 2.05) is 27.9 Å². The Morgan fingerprint density at radius 3 is 2.74 bits per heavy atom. The summed E-state index contributed by atoms with van der Waals surface area (Å²) in [5.41, 5.74) is 1.56. The van der Waals surface area contributed by atoms with Crippen LogP contribution in [-0.2, 0) is 9.59 Å². The van der Waals surface area contributed by atoms with E-state index in [1.165, 1.54) is 0 Å². The van der Waals surface area contributed by atoms with Crippen LogP contribution in [0.25, 0.3) is 11.4 Å². The van der Waals surface area contributed by atoms with E-state index in [1.54, 1.807) is 23.2 Å². The molecule has 178 valence electrons. The number of anilines is 1. The second-order valence-electron chi connectivity index (χ2n) is 9.24. The molecule has 0 N–H and O–H groups in total. The van der Waals surface area contributed by atoms with Crippen molar-refractivity contribution in [1.29, 1.82) is 0 Å². The predicted octanol–water partition coefficient (Wildman–Crippen LogP) is 3.93. The van der Waals surface area contributed by atoms with Crippen LogP contribution in [0.5, 0.6) is 0 Å². The van der Waals surface area contributed by atoms with Crippen molar-refractivity contribution in [3.05, 3.63) is 47.6 Å². The zero-order chi connectivity index (χ0) is 23.8. The Morgan fingerprint density at radius 1 is 1.24 bits per heavy atom. The van der Waals surface area contributed by atoms with Crippen molar-refractivity contribution in [1.82, 2.24) is 24.8 Å². The second-order valence-corrected chi connectivity index (χ2v) is 9.68. The van der Waals surface area contributed by atoms with Crippen LogP contribution in [0, 0.1) is 5.92 Å². The monoisotopic (exact) mass is 482 g/mol. The molecule has 0 saturated carbocycles. The molecule has 2 saturated heterocycles. The number of carbonyl (C=O) groups is 2. The van der Waals surface area contributed by atoms with Gasteiger partial charge in [0, 0.05) is 54.9 Å². The van der Waals surface area contributed by atoms with Gasteiger partial charge in [0.05, 0.1) is 17.7 Å². The first-order valence-electron chi connectivity index (χ1n) is 11.6. The van der Waals surface area contributed by atoms with Crippen LogP contribution < -0.4 is 4.90 Å². The van der Waals surface area contributed by atoms with E-state index in [0.717, 1.165) is 24.1 Å². The minimum Gasteiger partial charge on any atom is -0.342 e. The quantitative estimate of drug-likeness (QED) is 0.546. The molecule has 2 fully saturated rings. The summed E-state index contributed by atoms with van der Waals surface area (Å²) in [4.78, 5) is 33.8. The number of rotatable bonds is 5. The molecule has 0 radical (unpaired) electrons. The first-order chi connectivity index (χ1) is 16.4. The van der Waals surface area contributed by atoms with Gasteiger partial charge in [0.15, 0.2) is 0 Å². The number of nitrogens with zero attached hydrogens (tertiary/aromatic N) is 6. The highest BCUT2D eigenvalue weighted by molar-refractivity contribution is 6.31. The molecule has 2 aliphatic heterocycles. The van der Waals surface area contributed by atoms with Crippen LogP contribution in [-0.4, -0.2) is 56.3 Å². The molecule has 0 spiro atoms. The van der Waals surface area contributed by atoms with Gasteiger partial charge in [-0.2, -0.15) is 10.1 Å². The summed E-state index contributed by atoms with van der Waals surface area (Å²) < 4.78 is 7.40. The van der Waals surface area contributed by atoms with E-state index < -0.39 is 0 Å². The summed E-state index contributed by atoms with van der Waals surface area (Å²) in [6.07, 6.45) is 5.37. The molecule has 10 heteroatoms. The van der Waals surface area contributed by atoms with E-state index in [-0.39, 0.29) is 36.1 Å². The first-order valence-corrected chi connectivity index (χ1v) is 12.0. The molecular formula is C24H27ClN6O3. The number of piperidine rings is 1. The lowest BCUT2D eigenvalue weighted by atomic mass is 9.95. The smallest absolute Gasteiger partial charge is 0.230 e. The molecule has 1 aromatic carbocycles. The Morgan fingerprint density at radius 2 is 2.03 bits per heavy atom. The third-order valence-electron chi connectivity index (χ3n) is 6.58. The Bertz CT molecular complexity index is 1200. The summed E-state index contributed by atoms with van der Waals surface area (Å²) >= 11 is 6.07. The van der Waals surface area contributed by atoms with Crippen LogP contribution >= 0.6 is 11.6 Å². The van der Waals surface area contributed by atoms with Gasteiger partial charge in [-0.3, -0.25) is 14.3 Å². The topological polar surface area (TPSA) is 97.4 Å². The molecule has 0 bridgehead atoms. The van der Waals surface area contributed by atoms with Crippen molar-refractivity contribution < 1.29 is 14.1 Å². The van der Waals surface area contributed by atoms with Gasteiger partial charge in [-0.15, -0.1) is 0 Å². The van der Waals surface area contributed by atoms with Gasteiger partial charge >= 0.3 is 0 Å². The van der Waals surface area contributed by atoms with Crippen LogP contribution in [0.3, 0.4) is 0 Å². The standard InChI is InChI=1S/C24H27ClN6O3/c1-15(2)31-14-18(12-26-31)22-27-23(34-28-22)16-6-8-29(9-7-16)24(33)17-10-21(32)30(13-17)20-5-3-4-19(25)11-20/h3-5,11-12,14-17H,6-10,13H2,1-2H3. The maximum absolute atomic E-state index is 13.1. The Balaban J connectivity index is 1.18. The summed E-state index contributed by atoms with van der Waals surface area (Å²) in [6.45, 7) is 5.71. The van der Waals surface area contributed by atoms with Gasteiger partial charge in [0.1, 0.15) is 0 Å². The van der Waals surface area contributed by atoms with Crippen molar-refractivity contribution in [2.75, 3.05) is 24.5 Å². The van der Waals surface area contributed by atoms with Crippen molar-refractivity contribution >= 4 is 29.1 Å². The number of benzene rings is 1. The molecule has 3 aromatic rings. The van der Waals surface area contributed by atoms with Crippen molar-refractivity contribution in [3.63, 3.8) is 0 Å². The van der Waals surface area contributed by atoms with Crippen molar-refractivity contribution in [3.8, 4) is 11.4 Å². The molecule has 1 atom stereocenters. The van der Waals surface area contributed by atoms with Gasteiger partial charge in [-0.05, 0) is 44.9 Å². The molecule has 2 amide bonds. The van der Waals surface area contributed by atoms with Crippen LogP contribution in [0.1, 0.15) is 51.0 Å². The first kappa shape index (κ1) is 22.6. The summed E-state index contributed by atoms with van der Waals surface area (Å²) in [6, 6.07) is 7.43. The maximum Gasteiger partial charge on any atom is 0.230 e. The fourth-order valence-electron chi connectivity index (χ4n) is 4.63. The molecule has 34 heavy (non-hydrogen) atoms.